The van der Waals surface area contributed by atoms with Gasteiger partial charge in [-0.3, -0.25) is 9.88 Å². The molecule has 2 aliphatic rings. The van der Waals surface area contributed by atoms with Gasteiger partial charge in [-0.2, -0.15) is 0 Å². The highest BCUT2D eigenvalue weighted by Gasteiger charge is 2.39. The first-order chi connectivity index (χ1) is 22.7. The van der Waals surface area contributed by atoms with E-state index in [4.69, 9.17) is 15.0 Å². The Hall–Kier alpha value is -3.45. The van der Waals surface area contributed by atoms with Crippen LogP contribution in [0.15, 0.2) is 43.1 Å². The van der Waals surface area contributed by atoms with Crippen molar-refractivity contribution in [2.24, 2.45) is 5.92 Å². The zero-order chi connectivity index (χ0) is 33.3. The largest absolute Gasteiger partial charge is 0.356 e. The molecular weight excluding hydrogens is 588 g/mol. The van der Waals surface area contributed by atoms with Crippen LogP contribution in [0.5, 0.6) is 0 Å². The van der Waals surface area contributed by atoms with Gasteiger partial charge < -0.3 is 4.90 Å². The van der Waals surface area contributed by atoms with E-state index in [-0.39, 0.29) is 17.1 Å². The molecule has 0 spiro atoms. The van der Waals surface area contributed by atoms with Gasteiger partial charge >= 0.3 is 0 Å². The van der Waals surface area contributed by atoms with Gasteiger partial charge in [-0.15, -0.1) is 6.58 Å². The Balaban J connectivity index is 1.45. The summed E-state index contributed by atoms with van der Waals surface area (Å²) in [6, 6.07) is 7.77. The van der Waals surface area contributed by atoms with E-state index in [2.05, 4.69) is 37.1 Å². The highest BCUT2D eigenvalue weighted by molar-refractivity contribution is 6.01. The molecule has 6 rings (SSSR count). The molecule has 0 bridgehead atoms. The molecule has 0 aliphatic carbocycles. The lowest BCUT2D eigenvalue weighted by atomic mass is 9.90. The minimum absolute atomic E-state index is 0.0447. The lowest BCUT2D eigenvalue weighted by Crippen LogP contribution is -2.47. The van der Waals surface area contributed by atoms with Crippen molar-refractivity contribution in [3.63, 3.8) is 0 Å². The average molecular weight is 640 g/mol. The third kappa shape index (κ3) is 6.53. The SMILES string of the molecule is C=CCCC(CC)N1CCCC1(C)CCc1nc(N2CCCC(C)C2)c2cnc(-c3cc(C)cc4ccc(F)c(CC)c34)c(F)c2n1. The normalized spacial score (nSPS) is 21.2. The molecule has 3 atom stereocenters. The first kappa shape index (κ1) is 33.5. The Labute approximate surface area is 279 Å². The summed E-state index contributed by atoms with van der Waals surface area (Å²) in [4.78, 5) is 19.9. The van der Waals surface area contributed by atoms with Gasteiger partial charge in [-0.05, 0) is 118 Å². The molecular formula is C40H51F2N5. The maximum Gasteiger partial charge on any atom is 0.175 e. The number of fused-ring (bicyclic) bond motifs is 2. The van der Waals surface area contributed by atoms with E-state index in [0.717, 1.165) is 80.3 Å². The number of aromatic nitrogens is 3. The zero-order valence-electron chi connectivity index (χ0n) is 29.0. The Bertz CT molecular complexity index is 1770. The molecule has 2 aromatic heterocycles. The van der Waals surface area contributed by atoms with Crippen LogP contribution in [0.4, 0.5) is 14.6 Å². The van der Waals surface area contributed by atoms with Crippen molar-refractivity contribution >= 4 is 27.5 Å². The Morgan fingerprint density at radius 1 is 1.13 bits per heavy atom. The zero-order valence-corrected chi connectivity index (χ0v) is 29.0. The number of hydrogen-bond donors (Lipinski definition) is 0. The Morgan fingerprint density at radius 3 is 2.70 bits per heavy atom. The van der Waals surface area contributed by atoms with Crippen molar-refractivity contribution in [1.29, 1.82) is 0 Å². The lowest BCUT2D eigenvalue weighted by Gasteiger charge is -2.41. The number of anilines is 1. The van der Waals surface area contributed by atoms with E-state index in [1.54, 1.807) is 12.3 Å². The van der Waals surface area contributed by atoms with Gasteiger partial charge in [0.1, 0.15) is 28.7 Å². The quantitative estimate of drug-likeness (QED) is 0.153. The summed E-state index contributed by atoms with van der Waals surface area (Å²) in [7, 11) is 0. The van der Waals surface area contributed by atoms with E-state index in [0.29, 0.717) is 52.7 Å². The van der Waals surface area contributed by atoms with Gasteiger partial charge in [0.15, 0.2) is 5.82 Å². The summed E-state index contributed by atoms with van der Waals surface area (Å²) >= 11 is 0. The highest BCUT2D eigenvalue weighted by atomic mass is 19.1. The van der Waals surface area contributed by atoms with E-state index >= 15 is 8.78 Å². The third-order valence-electron chi connectivity index (χ3n) is 10.9. The maximum atomic E-state index is 17.0. The van der Waals surface area contributed by atoms with Gasteiger partial charge in [0, 0.05) is 42.9 Å². The minimum atomic E-state index is -0.458. The number of rotatable bonds is 11. The third-order valence-corrected chi connectivity index (χ3v) is 10.9. The molecule has 0 amide bonds. The van der Waals surface area contributed by atoms with Crippen LogP contribution in [0.1, 0.15) is 96.0 Å². The molecule has 47 heavy (non-hydrogen) atoms. The van der Waals surface area contributed by atoms with Crippen molar-refractivity contribution in [2.75, 3.05) is 24.5 Å². The molecule has 250 valence electrons. The topological polar surface area (TPSA) is 45.2 Å². The van der Waals surface area contributed by atoms with E-state index < -0.39 is 5.82 Å². The molecule has 3 unspecified atom stereocenters. The fourth-order valence-corrected chi connectivity index (χ4v) is 8.41. The van der Waals surface area contributed by atoms with Crippen LogP contribution in [0, 0.1) is 24.5 Å². The number of benzene rings is 2. The molecule has 2 aliphatic heterocycles. The smallest absolute Gasteiger partial charge is 0.175 e. The Morgan fingerprint density at radius 2 is 1.96 bits per heavy atom. The molecule has 0 radical (unpaired) electrons. The molecule has 2 saturated heterocycles. The minimum Gasteiger partial charge on any atom is -0.356 e. The van der Waals surface area contributed by atoms with Crippen molar-refractivity contribution in [1.82, 2.24) is 19.9 Å². The summed E-state index contributed by atoms with van der Waals surface area (Å²) in [5.41, 5.74) is 2.74. The lowest BCUT2D eigenvalue weighted by molar-refractivity contribution is 0.0847. The second-order valence-electron chi connectivity index (χ2n) is 14.4. The fourth-order valence-electron chi connectivity index (χ4n) is 8.41. The van der Waals surface area contributed by atoms with Crippen LogP contribution in [0.2, 0.25) is 0 Å². The molecule has 5 nitrogen and oxygen atoms in total. The van der Waals surface area contributed by atoms with Crippen molar-refractivity contribution in [2.45, 2.75) is 110 Å². The number of pyridine rings is 1. The Kier molecular flexibility index (Phi) is 9.93. The number of hydrogen-bond acceptors (Lipinski definition) is 5. The second-order valence-corrected chi connectivity index (χ2v) is 14.4. The van der Waals surface area contributed by atoms with Gasteiger partial charge in [-0.25, -0.2) is 18.7 Å². The van der Waals surface area contributed by atoms with Crippen molar-refractivity contribution in [3.05, 3.63) is 71.7 Å². The molecule has 0 saturated carbocycles. The van der Waals surface area contributed by atoms with Gasteiger partial charge in [0.05, 0.1) is 5.39 Å². The number of piperidine rings is 1. The van der Waals surface area contributed by atoms with E-state index in [1.807, 2.05) is 32.1 Å². The van der Waals surface area contributed by atoms with Gasteiger partial charge in [-0.1, -0.05) is 39.0 Å². The molecule has 2 aromatic carbocycles. The number of aryl methyl sites for hydroxylation is 3. The fraction of sp³-hybridized carbons (Fsp3) is 0.525. The standard InChI is InChI=1S/C40H51F2N5/c1-7-10-14-29(8-2)47-21-12-18-40(47,6)19-17-34-44-38-32(39(45-34)46-20-11-13-26(4)25-46)24-43-37(36(38)42)31-23-27(5)22-28-15-16-33(41)30(9-3)35(28)31/h7,15-16,22-24,26,29H,1,8-14,17-21,25H2,2-6H3. The van der Waals surface area contributed by atoms with Crippen LogP contribution in [0.25, 0.3) is 32.9 Å². The predicted octanol–water partition coefficient (Wildman–Crippen LogP) is 9.76. The summed E-state index contributed by atoms with van der Waals surface area (Å²) in [5, 5.41) is 2.25. The van der Waals surface area contributed by atoms with Crippen LogP contribution in [-0.2, 0) is 12.8 Å². The number of halogens is 2. The van der Waals surface area contributed by atoms with Crippen LogP contribution < -0.4 is 4.90 Å². The molecule has 4 heterocycles. The van der Waals surface area contributed by atoms with Crippen LogP contribution in [0.3, 0.4) is 0 Å². The van der Waals surface area contributed by atoms with Crippen LogP contribution >= 0.6 is 0 Å². The molecule has 0 N–H and O–H groups in total. The molecule has 7 heteroatoms. The summed E-state index contributed by atoms with van der Waals surface area (Å²) < 4.78 is 32.1. The molecule has 2 fully saturated rings. The van der Waals surface area contributed by atoms with Crippen molar-refractivity contribution < 1.29 is 8.78 Å². The first-order valence-electron chi connectivity index (χ1n) is 17.9. The average Bonchev–Trinajstić information content (AvgIpc) is 3.45. The van der Waals surface area contributed by atoms with Gasteiger partial charge in [0.25, 0.3) is 0 Å². The summed E-state index contributed by atoms with van der Waals surface area (Å²) in [6.07, 6.45) is 13.7. The van der Waals surface area contributed by atoms with E-state index in [1.165, 1.54) is 18.9 Å². The summed E-state index contributed by atoms with van der Waals surface area (Å²) in [5.74, 6) is 1.27. The van der Waals surface area contributed by atoms with E-state index in [9.17, 15) is 0 Å². The van der Waals surface area contributed by atoms with Crippen LogP contribution in [-0.4, -0.2) is 51.1 Å². The monoisotopic (exact) mass is 639 g/mol. The predicted molar refractivity (Wildman–Crippen MR) is 191 cm³/mol. The maximum absolute atomic E-state index is 17.0. The first-order valence-corrected chi connectivity index (χ1v) is 17.9. The molecule has 4 aromatic rings. The number of likely N-dealkylation sites (tertiary alicyclic amines) is 1. The second kappa shape index (κ2) is 14.0. The van der Waals surface area contributed by atoms with Crippen molar-refractivity contribution in [3.8, 4) is 11.3 Å². The summed E-state index contributed by atoms with van der Waals surface area (Å²) in [6.45, 7) is 17.7. The number of allylic oxidation sites excluding steroid dienone is 1. The highest BCUT2D eigenvalue weighted by Crippen LogP contribution is 2.39. The number of nitrogens with zero attached hydrogens (tertiary/aromatic N) is 5. The van der Waals surface area contributed by atoms with Gasteiger partial charge in [0.2, 0.25) is 0 Å².